The number of carbonyl (C=O) groups is 2. The fourth-order valence-corrected chi connectivity index (χ4v) is 7.13. The summed E-state index contributed by atoms with van der Waals surface area (Å²) in [5.41, 5.74) is 7.44. The molecular weight excluding hydrogens is 338 g/mol. The molecule has 27 heavy (non-hydrogen) atoms. The molecule has 4 nitrogen and oxygen atoms in total. The zero-order valence-electron chi connectivity index (χ0n) is 16.0. The van der Waals surface area contributed by atoms with Crippen LogP contribution in [0.25, 0.3) is 0 Å². The van der Waals surface area contributed by atoms with Crippen molar-refractivity contribution in [1.29, 1.82) is 0 Å². The van der Waals surface area contributed by atoms with Gasteiger partial charge in [0.25, 0.3) is 5.91 Å². The number of benzene rings is 1. The van der Waals surface area contributed by atoms with E-state index in [0.717, 1.165) is 54.6 Å². The lowest BCUT2D eigenvalue weighted by atomic mass is 9.45. The summed E-state index contributed by atoms with van der Waals surface area (Å²) in [7, 11) is 0. The van der Waals surface area contributed by atoms with E-state index in [1.54, 1.807) is 6.07 Å². The molecule has 1 aromatic carbocycles. The number of nitrogens with two attached hydrogens (primary N) is 1. The molecule has 1 aromatic rings. The molecule has 5 unspecified atom stereocenters. The van der Waals surface area contributed by atoms with E-state index < -0.39 is 5.91 Å². The van der Waals surface area contributed by atoms with Crippen LogP contribution < -0.4 is 5.73 Å². The lowest BCUT2D eigenvalue weighted by Gasteiger charge is -2.58. The molecule has 0 saturated heterocycles. The van der Waals surface area contributed by atoms with Crippen LogP contribution in [0.15, 0.2) is 12.1 Å². The number of rotatable bonds is 3. The van der Waals surface area contributed by atoms with Crippen LogP contribution in [0.1, 0.15) is 73.4 Å². The standard InChI is InChI=1S/C23H29NO3/c1-12(13-2-3-13)16-8-9-23-11-15(25)5-7-19(23)18(16)10-14-4-6-17(22(24)27)21(26)20(14)23/h4,6,12-13,16,18-19,26H,2-3,5,7-11H2,1H3,(H2,24,27). The predicted molar refractivity (Wildman–Crippen MR) is 102 cm³/mol. The summed E-state index contributed by atoms with van der Waals surface area (Å²) < 4.78 is 0. The number of primary amides is 1. The molecule has 144 valence electrons. The van der Waals surface area contributed by atoms with Gasteiger partial charge in [-0.05, 0) is 79.7 Å². The average Bonchev–Trinajstić information content (AvgIpc) is 3.45. The van der Waals surface area contributed by atoms with Crippen molar-refractivity contribution in [3.63, 3.8) is 0 Å². The highest BCUT2D eigenvalue weighted by molar-refractivity contribution is 5.96. The lowest BCUT2D eigenvalue weighted by molar-refractivity contribution is -0.127. The summed E-state index contributed by atoms with van der Waals surface area (Å²) >= 11 is 0. The van der Waals surface area contributed by atoms with Crippen molar-refractivity contribution in [2.45, 2.75) is 63.7 Å². The second-order valence-corrected chi connectivity index (χ2v) is 9.64. The minimum Gasteiger partial charge on any atom is -0.507 e. The number of amides is 1. The Morgan fingerprint density at radius 3 is 2.74 bits per heavy atom. The molecule has 0 spiro atoms. The van der Waals surface area contributed by atoms with E-state index in [9.17, 15) is 14.7 Å². The molecule has 3 N–H and O–H groups in total. The highest BCUT2D eigenvalue weighted by atomic mass is 16.3. The van der Waals surface area contributed by atoms with E-state index in [2.05, 4.69) is 6.92 Å². The van der Waals surface area contributed by atoms with Crippen molar-refractivity contribution in [3.05, 3.63) is 28.8 Å². The van der Waals surface area contributed by atoms with Crippen LogP contribution >= 0.6 is 0 Å². The largest absolute Gasteiger partial charge is 0.507 e. The average molecular weight is 367 g/mol. The van der Waals surface area contributed by atoms with Gasteiger partial charge in [0, 0.05) is 23.8 Å². The van der Waals surface area contributed by atoms with Gasteiger partial charge in [-0.25, -0.2) is 0 Å². The Hall–Kier alpha value is -1.84. The summed E-state index contributed by atoms with van der Waals surface area (Å²) in [6.45, 7) is 2.44. The molecule has 4 aliphatic rings. The first-order chi connectivity index (χ1) is 12.9. The number of phenols is 1. The number of ketones is 1. The molecule has 5 atom stereocenters. The third-order valence-corrected chi connectivity index (χ3v) is 8.47. The zero-order chi connectivity index (χ0) is 18.9. The van der Waals surface area contributed by atoms with Crippen LogP contribution in [-0.2, 0) is 16.6 Å². The second kappa shape index (κ2) is 5.83. The molecule has 3 saturated carbocycles. The first kappa shape index (κ1) is 17.3. The highest BCUT2D eigenvalue weighted by Gasteiger charge is 2.58. The molecular formula is C23H29NO3. The van der Waals surface area contributed by atoms with Crippen LogP contribution in [0.5, 0.6) is 5.75 Å². The third-order valence-electron chi connectivity index (χ3n) is 8.47. The van der Waals surface area contributed by atoms with Crippen molar-refractivity contribution >= 4 is 11.7 Å². The van der Waals surface area contributed by atoms with Crippen molar-refractivity contribution in [1.82, 2.24) is 0 Å². The molecule has 3 fully saturated rings. The number of hydrogen-bond acceptors (Lipinski definition) is 3. The molecule has 5 rings (SSSR count). The van der Waals surface area contributed by atoms with Crippen molar-refractivity contribution in [2.75, 3.05) is 0 Å². The van der Waals surface area contributed by atoms with E-state index in [1.807, 2.05) is 6.07 Å². The maximum absolute atomic E-state index is 12.5. The predicted octanol–water partition coefficient (Wildman–Crippen LogP) is 3.73. The Kier molecular flexibility index (Phi) is 3.73. The molecule has 2 bridgehead atoms. The van der Waals surface area contributed by atoms with E-state index >= 15 is 0 Å². The Labute approximate surface area is 160 Å². The third kappa shape index (κ3) is 2.41. The van der Waals surface area contributed by atoms with Crippen molar-refractivity contribution in [2.24, 2.45) is 35.3 Å². The van der Waals surface area contributed by atoms with Gasteiger partial charge in [0.05, 0.1) is 5.56 Å². The van der Waals surface area contributed by atoms with Gasteiger partial charge in [0.1, 0.15) is 11.5 Å². The number of carbonyl (C=O) groups excluding carboxylic acids is 2. The van der Waals surface area contributed by atoms with E-state index in [-0.39, 0.29) is 16.7 Å². The molecule has 4 heteroatoms. The fraction of sp³-hybridized carbons (Fsp3) is 0.652. The summed E-state index contributed by atoms with van der Waals surface area (Å²) in [6, 6.07) is 3.66. The zero-order valence-corrected chi connectivity index (χ0v) is 16.0. The molecule has 0 aliphatic heterocycles. The smallest absolute Gasteiger partial charge is 0.252 e. The van der Waals surface area contributed by atoms with Crippen LogP contribution in [-0.4, -0.2) is 16.8 Å². The molecule has 0 radical (unpaired) electrons. The van der Waals surface area contributed by atoms with Gasteiger partial charge >= 0.3 is 0 Å². The van der Waals surface area contributed by atoms with Gasteiger partial charge < -0.3 is 10.8 Å². The van der Waals surface area contributed by atoms with Crippen LogP contribution in [0.4, 0.5) is 0 Å². The lowest BCUT2D eigenvalue weighted by Crippen LogP contribution is -2.55. The molecule has 0 heterocycles. The summed E-state index contributed by atoms with van der Waals surface area (Å²) in [5.74, 6) is 3.15. The topological polar surface area (TPSA) is 80.4 Å². The summed E-state index contributed by atoms with van der Waals surface area (Å²) in [6.07, 6.45) is 7.90. The van der Waals surface area contributed by atoms with Gasteiger partial charge in [0.15, 0.2) is 0 Å². The first-order valence-electron chi connectivity index (χ1n) is 10.6. The van der Waals surface area contributed by atoms with Gasteiger partial charge in [-0.15, -0.1) is 0 Å². The number of fused-ring (bicyclic) bond motifs is 1. The Bertz CT molecular complexity index is 827. The summed E-state index contributed by atoms with van der Waals surface area (Å²) in [4.78, 5) is 24.3. The Morgan fingerprint density at radius 2 is 2.04 bits per heavy atom. The van der Waals surface area contributed by atoms with E-state index in [1.165, 1.54) is 12.8 Å². The normalized spacial score (nSPS) is 35.9. The molecule has 1 amide bonds. The van der Waals surface area contributed by atoms with Crippen LogP contribution in [0.2, 0.25) is 0 Å². The minimum absolute atomic E-state index is 0.0480. The van der Waals surface area contributed by atoms with Crippen LogP contribution in [0.3, 0.4) is 0 Å². The van der Waals surface area contributed by atoms with Crippen molar-refractivity contribution < 1.29 is 14.7 Å². The molecule has 0 aromatic heterocycles. The minimum atomic E-state index is -0.594. The van der Waals surface area contributed by atoms with Gasteiger partial charge in [-0.1, -0.05) is 13.0 Å². The number of aromatic hydroxyl groups is 1. The van der Waals surface area contributed by atoms with Gasteiger partial charge in [0.2, 0.25) is 0 Å². The van der Waals surface area contributed by atoms with Gasteiger partial charge in [-0.3, -0.25) is 9.59 Å². The Morgan fingerprint density at radius 1 is 1.26 bits per heavy atom. The molecule has 4 aliphatic carbocycles. The van der Waals surface area contributed by atoms with E-state index in [0.29, 0.717) is 30.5 Å². The Balaban J connectivity index is 1.65. The maximum atomic E-state index is 12.5. The number of Topliss-reactive ketones (excluding diaryl/α,β-unsaturated/α-hetero) is 1. The highest BCUT2D eigenvalue weighted by Crippen LogP contribution is 2.63. The van der Waals surface area contributed by atoms with E-state index in [4.69, 9.17) is 5.73 Å². The van der Waals surface area contributed by atoms with Crippen molar-refractivity contribution in [3.8, 4) is 5.75 Å². The first-order valence-corrected chi connectivity index (χ1v) is 10.6. The van der Waals surface area contributed by atoms with Crippen LogP contribution in [0, 0.1) is 29.6 Å². The fourth-order valence-electron chi connectivity index (χ4n) is 7.13. The monoisotopic (exact) mass is 367 g/mol. The SMILES string of the molecule is CC(C1CC1)C1CCC23CC(=O)CCC2C1Cc1ccc(C(N)=O)c(O)c13. The summed E-state index contributed by atoms with van der Waals surface area (Å²) in [5, 5.41) is 11.0. The maximum Gasteiger partial charge on any atom is 0.252 e. The van der Waals surface area contributed by atoms with Gasteiger partial charge in [-0.2, -0.15) is 0 Å². The second-order valence-electron chi connectivity index (χ2n) is 9.64. The number of hydrogen-bond donors (Lipinski definition) is 2. The quantitative estimate of drug-likeness (QED) is 0.854.